The molecule has 0 unspecified atom stereocenters. The lowest BCUT2D eigenvalue weighted by Gasteiger charge is -2.37. The predicted octanol–water partition coefficient (Wildman–Crippen LogP) is 2.17. The van der Waals surface area contributed by atoms with E-state index >= 15 is 0 Å². The molecule has 0 aromatic heterocycles. The number of ether oxygens (including phenoxy) is 1. The predicted molar refractivity (Wildman–Crippen MR) is 58.0 cm³/mol. The summed E-state index contributed by atoms with van der Waals surface area (Å²) in [6.07, 6.45) is -6.84. The lowest BCUT2D eigenvalue weighted by atomic mass is 9.94. The van der Waals surface area contributed by atoms with Crippen molar-refractivity contribution in [1.29, 1.82) is 0 Å². The van der Waals surface area contributed by atoms with E-state index in [-0.39, 0.29) is 13.0 Å². The summed E-state index contributed by atoms with van der Waals surface area (Å²) in [5.74, 6) is -1.90. The zero-order chi connectivity index (χ0) is 14.1. The van der Waals surface area contributed by atoms with E-state index < -0.39 is 36.4 Å². The van der Waals surface area contributed by atoms with E-state index in [4.69, 9.17) is 4.74 Å². The van der Waals surface area contributed by atoms with Gasteiger partial charge in [-0.1, -0.05) is 0 Å². The molecule has 0 bridgehead atoms. The minimum Gasteiger partial charge on any atom is -0.444 e. The molecule has 1 aliphatic rings. The van der Waals surface area contributed by atoms with Crippen molar-refractivity contribution in [2.45, 2.75) is 45.1 Å². The first-order chi connectivity index (χ1) is 8.00. The molecule has 1 amide bonds. The summed E-state index contributed by atoms with van der Waals surface area (Å²) in [6, 6.07) is 0. The van der Waals surface area contributed by atoms with E-state index in [1.54, 1.807) is 20.8 Å². The third kappa shape index (κ3) is 4.04. The quantitative estimate of drug-likeness (QED) is 0.733. The number of carbonyl (C=O) groups is 1. The van der Waals surface area contributed by atoms with Crippen LogP contribution in [0, 0.1) is 5.92 Å². The Labute approximate surface area is 104 Å². The maximum atomic E-state index is 12.6. The monoisotopic (exact) mass is 269 g/mol. The molecule has 106 valence electrons. The lowest BCUT2D eigenvalue weighted by Crippen LogP contribution is -2.52. The first-order valence-electron chi connectivity index (χ1n) is 5.73. The highest BCUT2D eigenvalue weighted by molar-refractivity contribution is 5.68. The van der Waals surface area contributed by atoms with Crippen molar-refractivity contribution in [3.8, 4) is 0 Å². The van der Waals surface area contributed by atoms with Gasteiger partial charge in [0.25, 0.3) is 0 Å². The first kappa shape index (κ1) is 15.1. The van der Waals surface area contributed by atoms with Gasteiger partial charge in [0.05, 0.1) is 12.0 Å². The number of alkyl halides is 3. The molecule has 0 aliphatic carbocycles. The van der Waals surface area contributed by atoms with Gasteiger partial charge >= 0.3 is 12.3 Å². The third-order valence-corrected chi connectivity index (χ3v) is 2.65. The number of halogens is 3. The fourth-order valence-electron chi connectivity index (χ4n) is 1.75. The summed E-state index contributed by atoms with van der Waals surface area (Å²) in [5.41, 5.74) is -0.749. The Morgan fingerprint density at radius 3 is 2.33 bits per heavy atom. The zero-order valence-electron chi connectivity index (χ0n) is 10.6. The van der Waals surface area contributed by atoms with Crippen LogP contribution in [0.5, 0.6) is 0 Å². The minimum atomic E-state index is -4.51. The highest BCUT2D eigenvalue weighted by atomic mass is 19.4. The van der Waals surface area contributed by atoms with Crippen molar-refractivity contribution in [1.82, 2.24) is 4.90 Å². The molecule has 1 saturated heterocycles. The van der Waals surface area contributed by atoms with Crippen LogP contribution in [0.2, 0.25) is 0 Å². The molecule has 0 radical (unpaired) electrons. The van der Waals surface area contributed by atoms with E-state index in [2.05, 4.69) is 0 Å². The fraction of sp³-hybridized carbons (Fsp3) is 0.909. The average Bonchev–Trinajstić information content (AvgIpc) is 2.13. The van der Waals surface area contributed by atoms with Gasteiger partial charge in [-0.3, -0.25) is 0 Å². The molecule has 0 saturated carbocycles. The number of aliphatic hydroxyl groups excluding tert-OH is 1. The number of hydrogen-bond donors (Lipinski definition) is 1. The second-order valence-corrected chi connectivity index (χ2v) is 5.43. The van der Waals surface area contributed by atoms with E-state index in [1.807, 2.05) is 0 Å². The SMILES string of the molecule is CC(C)(C)OC(=O)N1CC[C@H](O)[C@@H](C(F)(F)F)C1. The molecular formula is C11H18F3NO3. The van der Waals surface area contributed by atoms with Crippen molar-refractivity contribution < 1.29 is 27.8 Å². The highest BCUT2D eigenvalue weighted by Crippen LogP contribution is 2.33. The van der Waals surface area contributed by atoms with E-state index in [9.17, 15) is 23.1 Å². The molecule has 1 heterocycles. The van der Waals surface area contributed by atoms with Gasteiger partial charge < -0.3 is 14.7 Å². The summed E-state index contributed by atoms with van der Waals surface area (Å²) < 4.78 is 42.9. The molecule has 1 aliphatic heterocycles. The maximum Gasteiger partial charge on any atom is 0.410 e. The number of amides is 1. The normalized spacial score (nSPS) is 26.1. The number of rotatable bonds is 0. The van der Waals surface area contributed by atoms with E-state index in [0.717, 1.165) is 4.90 Å². The first-order valence-corrected chi connectivity index (χ1v) is 5.73. The van der Waals surface area contributed by atoms with Gasteiger partial charge in [-0.05, 0) is 27.2 Å². The summed E-state index contributed by atoms with van der Waals surface area (Å²) in [7, 11) is 0. The van der Waals surface area contributed by atoms with Gasteiger partial charge in [0.2, 0.25) is 0 Å². The van der Waals surface area contributed by atoms with Crippen LogP contribution in [0.1, 0.15) is 27.2 Å². The summed E-state index contributed by atoms with van der Waals surface area (Å²) >= 11 is 0. The van der Waals surface area contributed by atoms with Crippen LogP contribution in [-0.4, -0.2) is 47.1 Å². The standard InChI is InChI=1S/C11H18F3NO3/c1-10(2,3)18-9(17)15-5-4-8(16)7(6-15)11(12,13)14/h7-8,16H,4-6H2,1-3H3/t7-,8-/m0/s1. The van der Waals surface area contributed by atoms with Crippen LogP contribution in [0.25, 0.3) is 0 Å². The topological polar surface area (TPSA) is 49.8 Å². The van der Waals surface area contributed by atoms with Gasteiger partial charge in [0.1, 0.15) is 5.60 Å². The smallest absolute Gasteiger partial charge is 0.410 e. The van der Waals surface area contributed by atoms with Crippen molar-refractivity contribution in [3.63, 3.8) is 0 Å². The molecule has 7 heteroatoms. The number of piperidine rings is 1. The van der Waals surface area contributed by atoms with Crippen LogP contribution in [0.3, 0.4) is 0 Å². The van der Waals surface area contributed by atoms with Crippen molar-refractivity contribution in [3.05, 3.63) is 0 Å². The Bertz CT molecular complexity index is 312. The molecular weight excluding hydrogens is 251 g/mol. The van der Waals surface area contributed by atoms with E-state index in [0.29, 0.717) is 0 Å². The summed E-state index contributed by atoms with van der Waals surface area (Å²) in [4.78, 5) is 12.6. The van der Waals surface area contributed by atoms with Crippen LogP contribution < -0.4 is 0 Å². The molecule has 2 atom stereocenters. The van der Waals surface area contributed by atoms with Gasteiger partial charge in [0.15, 0.2) is 0 Å². The summed E-state index contributed by atoms with van der Waals surface area (Å²) in [6.45, 7) is 4.45. The number of nitrogens with zero attached hydrogens (tertiary/aromatic N) is 1. The van der Waals surface area contributed by atoms with Gasteiger partial charge in [-0.15, -0.1) is 0 Å². The molecule has 1 N–H and O–H groups in total. The van der Waals surface area contributed by atoms with Crippen LogP contribution in [0.15, 0.2) is 0 Å². The Hall–Kier alpha value is -0.980. The van der Waals surface area contributed by atoms with Crippen molar-refractivity contribution in [2.75, 3.05) is 13.1 Å². The molecule has 1 rings (SSSR count). The van der Waals surface area contributed by atoms with Crippen LogP contribution in [0.4, 0.5) is 18.0 Å². The molecule has 4 nitrogen and oxygen atoms in total. The second kappa shape index (κ2) is 4.95. The Kier molecular flexibility index (Phi) is 4.15. The largest absolute Gasteiger partial charge is 0.444 e. The Morgan fingerprint density at radius 1 is 1.33 bits per heavy atom. The number of carbonyl (C=O) groups excluding carboxylic acids is 1. The van der Waals surface area contributed by atoms with Crippen molar-refractivity contribution in [2.24, 2.45) is 5.92 Å². The van der Waals surface area contributed by atoms with Crippen LogP contribution in [-0.2, 0) is 4.74 Å². The summed E-state index contributed by atoms with van der Waals surface area (Å²) in [5, 5.41) is 9.34. The molecule has 0 aromatic carbocycles. The molecule has 18 heavy (non-hydrogen) atoms. The molecule has 0 aromatic rings. The highest BCUT2D eigenvalue weighted by Gasteiger charge is 2.48. The third-order valence-electron chi connectivity index (χ3n) is 2.65. The number of hydrogen-bond acceptors (Lipinski definition) is 3. The van der Waals surface area contributed by atoms with Gasteiger partial charge in [0, 0.05) is 13.1 Å². The van der Waals surface area contributed by atoms with E-state index in [1.165, 1.54) is 0 Å². The van der Waals surface area contributed by atoms with Crippen molar-refractivity contribution >= 4 is 6.09 Å². The average molecular weight is 269 g/mol. The number of aliphatic hydroxyl groups is 1. The fourth-order valence-corrected chi connectivity index (χ4v) is 1.75. The molecule has 1 fully saturated rings. The number of likely N-dealkylation sites (tertiary alicyclic amines) is 1. The maximum absolute atomic E-state index is 12.6. The lowest BCUT2D eigenvalue weighted by molar-refractivity contribution is -0.211. The molecule has 0 spiro atoms. The van der Waals surface area contributed by atoms with Gasteiger partial charge in [-0.25, -0.2) is 4.79 Å². The Balaban J connectivity index is 2.68. The van der Waals surface area contributed by atoms with Crippen LogP contribution >= 0.6 is 0 Å². The second-order valence-electron chi connectivity index (χ2n) is 5.43. The minimum absolute atomic E-state index is 0.0721. The zero-order valence-corrected chi connectivity index (χ0v) is 10.6. The van der Waals surface area contributed by atoms with Gasteiger partial charge in [-0.2, -0.15) is 13.2 Å². The Morgan fingerprint density at radius 2 is 1.89 bits per heavy atom.